The number of hydrogen-bond acceptors (Lipinski definition) is 9. The van der Waals surface area contributed by atoms with E-state index in [1.807, 2.05) is 31.2 Å². The molecule has 1 saturated carbocycles. The number of nitrogens with zero attached hydrogens (tertiary/aromatic N) is 3. The van der Waals surface area contributed by atoms with Crippen LogP contribution >= 0.6 is 22.7 Å². The highest BCUT2D eigenvalue weighted by Crippen LogP contribution is 2.50. The van der Waals surface area contributed by atoms with Crippen LogP contribution in [0.25, 0.3) is 9.66 Å². The number of aromatic nitrogens is 3. The van der Waals surface area contributed by atoms with Gasteiger partial charge in [0, 0.05) is 0 Å². The predicted molar refractivity (Wildman–Crippen MR) is 131 cm³/mol. The molecule has 1 atom stereocenters. The molecule has 178 valence electrons. The molecule has 1 aromatic carbocycles. The second-order valence-electron chi connectivity index (χ2n) is 8.29. The summed E-state index contributed by atoms with van der Waals surface area (Å²) in [7, 11) is 0. The molecule has 1 aliphatic rings. The Balaban J connectivity index is 1.30. The zero-order valence-electron chi connectivity index (χ0n) is 19.0. The third-order valence-corrected chi connectivity index (χ3v) is 7.97. The Bertz CT molecular complexity index is 1490. The summed E-state index contributed by atoms with van der Waals surface area (Å²) in [6.45, 7) is 5.45. The van der Waals surface area contributed by atoms with Crippen molar-refractivity contribution < 1.29 is 24.0 Å². The first-order valence-electron chi connectivity index (χ1n) is 10.8. The third kappa shape index (κ3) is 4.38. The highest BCUT2D eigenvalue weighted by atomic mass is 32.1. The van der Waals surface area contributed by atoms with Crippen molar-refractivity contribution in [3.05, 3.63) is 56.9 Å². The summed E-state index contributed by atoms with van der Waals surface area (Å²) < 4.78 is 10.8. The quantitative estimate of drug-likeness (QED) is 0.353. The molecule has 0 saturated heterocycles. The molecule has 5 rings (SSSR count). The molecule has 9 nitrogen and oxygen atoms in total. The fraction of sp³-hybridized carbons (Fsp3) is 0.292. The van der Waals surface area contributed by atoms with Crippen molar-refractivity contribution in [2.75, 3.05) is 5.32 Å². The zero-order valence-corrected chi connectivity index (χ0v) is 20.7. The number of carbonyl (C=O) groups excluding carboxylic acids is 1. The van der Waals surface area contributed by atoms with Crippen LogP contribution in [-0.4, -0.2) is 32.3 Å². The Morgan fingerprint density at radius 3 is 2.60 bits per heavy atom. The molecule has 1 fully saturated rings. The SMILES string of the molecule is Cc1ccccc1C(C)OC(=O)Nc1c(C)noc1C#Cc1nc2sc(C3(C(=O)O)CC3)nc2s1. The van der Waals surface area contributed by atoms with Gasteiger partial charge >= 0.3 is 12.1 Å². The zero-order chi connectivity index (χ0) is 24.7. The van der Waals surface area contributed by atoms with Crippen molar-refractivity contribution >= 4 is 50.1 Å². The number of carboxylic acids is 1. The van der Waals surface area contributed by atoms with Crippen LogP contribution in [0.4, 0.5) is 10.5 Å². The van der Waals surface area contributed by atoms with Crippen molar-refractivity contribution in [2.24, 2.45) is 0 Å². The van der Waals surface area contributed by atoms with E-state index in [9.17, 15) is 14.7 Å². The van der Waals surface area contributed by atoms with E-state index in [0.717, 1.165) is 11.1 Å². The van der Waals surface area contributed by atoms with Crippen LogP contribution in [0.3, 0.4) is 0 Å². The number of nitrogens with one attached hydrogen (secondary N) is 1. The summed E-state index contributed by atoms with van der Waals surface area (Å²) in [5, 5.41) is 17.1. The second kappa shape index (κ2) is 8.79. The summed E-state index contributed by atoms with van der Waals surface area (Å²) >= 11 is 2.56. The molecule has 1 unspecified atom stereocenters. The lowest BCUT2D eigenvalue weighted by Crippen LogP contribution is -2.18. The molecule has 0 radical (unpaired) electrons. The molecule has 0 aliphatic heterocycles. The number of amides is 1. The maximum Gasteiger partial charge on any atom is 0.412 e. The monoisotopic (exact) mass is 508 g/mol. The van der Waals surface area contributed by atoms with E-state index in [4.69, 9.17) is 9.26 Å². The minimum atomic E-state index is -0.847. The molecular weight excluding hydrogens is 488 g/mol. The number of ether oxygens (including phenoxy) is 1. The number of hydrogen-bond donors (Lipinski definition) is 2. The predicted octanol–water partition coefficient (Wildman–Crippen LogP) is 5.18. The molecule has 4 aromatic rings. The van der Waals surface area contributed by atoms with Crippen LogP contribution in [0.15, 0.2) is 28.8 Å². The van der Waals surface area contributed by atoms with E-state index >= 15 is 0 Å². The molecule has 3 heterocycles. The summed E-state index contributed by atoms with van der Waals surface area (Å²) in [6, 6.07) is 7.70. The lowest BCUT2D eigenvalue weighted by molar-refractivity contribution is -0.140. The van der Waals surface area contributed by atoms with E-state index in [-0.39, 0.29) is 5.76 Å². The van der Waals surface area contributed by atoms with Crippen LogP contribution in [0.5, 0.6) is 0 Å². The molecule has 1 amide bonds. The first-order valence-corrected chi connectivity index (χ1v) is 12.4. The van der Waals surface area contributed by atoms with Crippen LogP contribution in [-0.2, 0) is 14.9 Å². The fourth-order valence-corrected chi connectivity index (χ4v) is 5.79. The van der Waals surface area contributed by atoms with Crippen molar-refractivity contribution in [2.45, 2.75) is 45.1 Å². The number of rotatable bonds is 5. The van der Waals surface area contributed by atoms with Crippen LogP contribution in [0.1, 0.15) is 58.5 Å². The first-order chi connectivity index (χ1) is 16.8. The fourth-order valence-electron chi connectivity index (χ4n) is 3.66. The minimum Gasteiger partial charge on any atom is -0.481 e. The molecule has 35 heavy (non-hydrogen) atoms. The number of benzene rings is 1. The van der Waals surface area contributed by atoms with E-state index in [1.165, 1.54) is 22.7 Å². The standard InChI is InChI=1S/C24H20N4O5S2/c1-12-6-4-5-7-15(12)14(3)32-23(31)26-18-13(2)28-33-16(18)8-9-17-25-19-20(34-17)27-21(35-19)24(10-11-24)22(29)30/h4-7,14H,10-11H2,1-3H3,(H,26,31)(H,29,30). The smallest absolute Gasteiger partial charge is 0.412 e. The van der Waals surface area contributed by atoms with Gasteiger partial charge in [-0.25, -0.2) is 14.8 Å². The summed E-state index contributed by atoms with van der Waals surface area (Å²) in [5.41, 5.74) is 1.89. The molecule has 0 spiro atoms. The summed E-state index contributed by atoms with van der Waals surface area (Å²) in [5.74, 6) is 5.11. The van der Waals surface area contributed by atoms with Gasteiger partial charge in [-0.15, -0.1) is 0 Å². The molecule has 1 aliphatic carbocycles. The Morgan fingerprint density at radius 1 is 1.17 bits per heavy atom. The van der Waals surface area contributed by atoms with Gasteiger partial charge in [-0.2, -0.15) is 0 Å². The first kappa shape index (κ1) is 23.0. The lowest BCUT2D eigenvalue weighted by atomic mass is 10.1. The topological polar surface area (TPSA) is 127 Å². The average molecular weight is 509 g/mol. The Labute approximate surface area is 208 Å². The van der Waals surface area contributed by atoms with Crippen molar-refractivity contribution in [3.63, 3.8) is 0 Å². The van der Waals surface area contributed by atoms with Gasteiger partial charge in [0.15, 0.2) is 14.7 Å². The minimum absolute atomic E-state index is 0.179. The van der Waals surface area contributed by atoms with Crippen molar-refractivity contribution in [1.29, 1.82) is 0 Å². The van der Waals surface area contributed by atoms with E-state index < -0.39 is 23.6 Å². The number of fused-ring (bicyclic) bond motifs is 1. The number of carbonyl (C=O) groups is 2. The molecular formula is C24H20N4O5S2. The Kier molecular flexibility index (Phi) is 5.78. The van der Waals surface area contributed by atoms with Crippen molar-refractivity contribution in [3.8, 4) is 11.8 Å². The van der Waals surface area contributed by atoms with Crippen molar-refractivity contribution in [1.82, 2.24) is 15.1 Å². The summed E-state index contributed by atoms with van der Waals surface area (Å²) in [6.07, 6.45) is 0.113. The molecule has 2 N–H and O–H groups in total. The van der Waals surface area contributed by atoms with Crippen LogP contribution in [0.2, 0.25) is 0 Å². The number of aryl methyl sites for hydroxylation is 2. The number of anilines is 1. The maximum atomic E-state index is 12.5. The Hall–Kier alpha value is -3.75. The van der Waals surface area contributed by atoms with Gasteiger partial charge in [0.1, 0.15) is 27.9 Å². The number of aliphatic carboxylic acids is 1. The normalized spacial score (nSPS) is 14.7. The average Bonchev–Trinajstić information content (AvgIpc) is 3.25. The number of carboxylic acid groups (broad SMARTS) is 1. The van der Waals surface area contributed by atoms with Crippen LogP contribution in [0, 0.1) is 25.7 Å². The van der Waals surface area contributed by atoms with Gasteiger partial charge in [-0.1, -0.05) is 52.1 Å². The largest absolute Gasteiger partial charge is 0.481 e. The van der Waals surface area contributed by atoms with Gasteiger partial charge < -0.3 is 14.4 Å². The van der Waals surface area contributed by atoms with Gasteiger partial charge in [-0.3, -0.25) is 10.1 Å². The molecule has 0 bridgehead atoms. The van der Waals surface area contributed by atoms with Gasteiger partial charge in [-0.05, 0) is 56.6 Å². The van der Waals surface area contributed by atoms with E-state index in [2.05, 4.69) is 32.3 Å². The van der Waals surface area contributed by atoms with Gasteiger partial charge in [0.05, 0.1) is 0 Å². The molecule has 11 heteroatoms. The lowest BCUT2D eigenvalue weighted by Gasteiger charge is -2.16. The van der Waals surface area contributed by atoms with Gasteiger partial charge in [0.25, 0.3) is 0 Å². The van der Waals surface area contributed by atoms with E-state index in [1.54, 1.807) is 13.8 Å². The highest BCUT2D eigenvalue weighted by Gasteiger charge is 2.54. The molecule has 3 aromatic heterocycles. The highest BCUT2D eigenvalue weighted by molar-refractivity contribution is 7.26. The van der Waals surface area contributed by atoms with E-state index in [0.29, 0.717) is 43.9 Å². The summed E-state index contributed by atoms with van der Waals surface area (Å²) in [4.78, 5) is 34.3. The van der Waals surface area contributed by atoms with Crippen LogP contribution < -0.4 is 5.32 Å². The maximum absolute atomic E-state index is 12.5. The third-order valence-electron chi connectivity index (χ3n) is 5.83. The number of thiazole rings is 2. The Morgan fingerprint density at radius 2 is 1.91 bits per heavy atom. The second-order valence-corrected chi connectivity index (χ2v) is 10.2. The van der Waals surface area contributed by atoms with Gasteiger partial charge in [0.2, 0.25) is 5.76 Å².